The molecule has 0 aromatic rings. The molecule has 2 atom stereocenters. The molecule has 0 aliphatic heterocycles. The van der Waals surface area contributed by atoms with Gasteiger partial charge in [-0.25, -0.2) is 0 Å². The van der Waals surface area contributed by atoms with Gasteiger partial charge in [0, 0.05) is 12.6 Å². The first-order valence-electron chi connectivity index (χ1n) is 6.47. The van der Waals surface area contributed by atoms with Crippen LogP contribution in [0.5, 0.6) is 0 Å². The smallest absolute Gasteiger partial charge is 0.00699 e. The number of nitrogens with one attached hydrogen (secondary N) is 1. The topological polar surface area (TPSA) is 12.0 Å². The summed E-state index contributed by atoms with van der Waals surface area (Å²) in [5.41, 5.74) is 0.700. The Labute approximate surface area is 88.7 Å². The summed E-state index contributed by atoms with van der Waals surface area (Å²) in [5.74, 6) is 0.964. The van der Waals surface area contributed by atoms with Crippen LogP contribution in [-0.2, 0) is 0 Å². The fourth-order valence-corrected chi connectivity index (χ4v) is 3.09. The SMILES string of the molecule is CCC1(CNC2CCC(C)C2)CCC1. The Morgan fingerprint density at radius 1 is 1.29 bits per heavy atom. The van der Waals surface area contributed by atoms with Crippen LogP contribution in [0, 0.1) is 11.3 Å². The summed E-state index contributed by atoms with van der Waals surface area (Å²) >= 11 is 0. The van der Waals surface area contributed by atoms with Gasteiger partial charge in [0.2, 0.25) is 0 Å². The highest BCUT2D eigenvalue weighted by molar-refractivity contribution is 4.90. The molecule has 1 heteroatoms. The van der Waals surface area contributed by atoms with E-state index in [9.17, 15) is 0 Å². The summed E-state index contributed by atoms with van der Waals surface area (Å²) in [6.07, 6.45) is 10.1. The molecule has 2 aliphatic carbocycles. The van der Waals surface area contributed by atoms with Crippen molar-refractivity contribution >= 4 is 0 Å². The van der Waals surface area contributed by atoms with Crippen molar-refractivity contribution in [1.29, 1.82) is 0 Å². The van der Waals surface area contributed by atoms with Crippen molar-refractivity contribution < 1.29 is 0 Å². The highest BCUT2D eigenvalue weighted by Gasteiger charge is 2.35. The van der Waals surface area contributed by atoms with E-state index in [-0.39, 0.29) is 0 Å². The van der Waals surface area contributed by atoms with Crippen LogP contribution in [0.2, 0.25) is 0 Å². The number of rotatable bonds is 4. The van der Waals surface area contributed by atoms with Gasteiger partial charge in [0.15, 0.2) is 0 Å². The van der Waals surface area contributed by atoms with Crippen LogP contribution in [0.15, 0.2) is 0 Å². The Morgan fingerprint density at radius 3 is 2.50 bits per heavy atom. The fourth-order valence-electron chi connectivity index (χ4n) is 3.09. The monoisotopic (exact) mass is 195 g/mol. The molecule has 0 aromatic carbocycles. The van der Waals surface area contributed by atoms with Gasteiger partial charge in [-0.3, -0.25) is 0 Å². The summed E-state index contributed by atoms with van der Waals surface area (Å²) in [5, 5.41) is 3.81. The maximum atomic E-state index is 3.81. The van der Waals surface area contributed by atoms with E-state index in [2.05, 4.69) is 19.2 Å². The predicted octanol–water partition coefficient (Wildman–Crippen LogP) is 3.34. The third-order valence-electron chi connectivity index (χ3n) is 4.62. The molecule has 0 saturated heterocycles. The quantitative estimate of drug-likeness (QED) is 0.725. The van der Waals surface area contributed by atoms with Crippen LogP contribution in [0.3, 0.4) is 0 Å². The van der Waals surface area contributed by atoms with E-state index in [1.807, 2.05) is 0 Å². The lowest BCUT2D eigenvalue weighted by atomic mass is 9.67. The van der Waals surface area contributed by atoms with E-state index in [1.54, 1.807) is 0 Å². The molecule has 0 aromatic heterocycles. The average molecular weight is 195 g/mol. The molecule has 1 nitrogen and oxygen atoms in total. The number of hydrogen-bond donors (Lipinski definition) is 1. The normalized spacial score (nSPS) is 35.6. The Kier molecular flexibility index (Phi) is 3.16. The maximum Gasteiger partial charge on any atom is 0.00699 e. The summed E-state index contributed by atoms with van der Waals surface area (Å²) in [6.45, 7) is 6.04. The molecule has 2 fully saturated rings. The van der Waals surface area contributed by atoms with Crippen molar-refractivity contribution in [2.75, 3.05) is 6.54 Å². The molecule has 0 heterocycles. The van der Waals surface area contributed by atoms with Gasteiger partial charge < -0.3 is 5.32 Å². The minimum Gasteiger partial charge on any atom is -0.313 e. The lowest BCUT2D eigenvalue weighted by Gasteiger charge is -2.42. The van der Waals surface area contributed by atoms with E-state index in [1.165, 1.54) is 51.5 Å². The maximum absolute atomic E-state index is 3.81. The Bertz CT molecular complexity index is 178. The molecule has 0 amide bonds. The van der Waals surface area contributed by atoms with Gasteiger partial charge in [0.25, 0.3) is 0 Å². The van der Waals surface area contributed by atoms with E-state index in [4.69, 9.17) is 0 Å². The molecule has 0 spiro atoms. The molecule has 0 radical (unpaired) electrons. The Hall–Kier alpha value is -0.0400. The van der Waals surface area contributed by atoms with Crippen LogP contribution < -0.4 is 5.32 Å². The molecule has 2 unspecified atom stereocenters. The predicted molar refractivity (Wildman–Crippen MR) is 61.4 cm³/mol. The second-order valence-corrected chi connectivity index (χ2v) is 5.70. The zero-order valence-electron chi connectivity index (χ0n) is 9.81. The van der Waals surface area contributed by atoms with Gasteiger partial charge >= 0.3 is 0 Å². The molecule has 1 N–H and O–H groups in total. The minimum absolute atomic E-state index is 0.700. The molecule has 82 valence electrons. The van der Waals surface area contributed by atoms with Crippen LogP contribution in [0.25, 0.3) is 0 Å². The highest BCUT2D eigenvalue weighted by Crippen LogP contribution is 2.43. The molecule has 14 heavy (non-hydrogen) atoms. The number of hydrogen-bond acceptors (Lipinski definition) is 1. The summed E-state index contributed by atoms with van der Waals surface area (Å²) < 4.78 is 0. The van der Waals surface area contributed by atoms with Gasteiger partial charge in [-0.2, -0.15) is 0 Å². The largest absolute Gasteiger partial charge is 0.313 e. The van der Waals surface area contributed by atoms with E-state index in [0.29, 0.717) is 5.41 Å². The highest BCUT2D eigenvalue weighted by atomic mass is 14.9. The first kappa shape index (κ1) is 10.5. The van der Waals surface area contributed by atoms with Crippen molar-refractivity contribution in [2.45, 2.75) is 64.8 Å². The van der Waals surface area contributed by atoms with E-state index < -0.39 is 0 Å². The van der Waals surface area contributed by atoms with Gasteiger partial charge in [0.05, 0.1) is 0 Å². The third kappa shape index (κ3) is 2.13. The van der Waals surface area contributed by atoms with Crippen LogP contribution in [-0.4, -0.2) is 12.6 Å². The van der Waals surface area contributed by atoms with E-state index >= 15 is 0 Å². The third-order valence-corrected chi connectivity index (χ3v) is 4.62. The van der Waals surface area contributed by atoms with Gasteiger partial charge in [0.1, 0.15) is 0 Å². The molecule has 2 aliphatic rings. The fraction of sp³-hybridized carbons (Fsp3) is 1.00. The van der Waals surface area contributed by atoms with Crippen LogP contribution in [0.1, 0.15) is 58.8 Å². The van der Waals surface area contributed by atoms with Crippen molar-refractivity contribution in [3.63, 3.8) is 0 Å². The van der Waals surface area contributed by atoms with Crippen LogP contribution >= 0.6 is 0 Å². The van der Waals surface area contributed by atoms with Gasteiger partial charge in [-0.1, -0.05) is 20.3 Å². The van der Waals surface area contributed by atoms with Crippen molar-refractivity contribution in [3.05, 3.63) is 0 Å². The van der Waals surface area contributed by atoms with Crippen molar-refractivity contribution in [1.82, 2.24) is 5.32 Å². The lowest BCUT2D eigenvalue weighted by molar-refractivity contribution is 0.119. The molecule has 0 bridgehead atoms. The average Bonchev–Trinajstić information content (AvgIpc) is 2.50. The van der Waals surface area contributed by atoms with Crippen molar-refractivity contribution in [3.8, 4) is 0 Å². The first-order chi connectivity index (χ1) is 6.74. The van der Waals surface area contributed by atoms with Gasteiger partial charge in [-0.15, -0.1) is 0 Å². The first-order valence-corrected chi connectivity index (χ1v) is 6.47. The van der Waals surface area contributed by atoms with Crippen LogP contribution in [0.4, 0.5) is 0 Å². The van der Waals surface area contributed by atoms with Crippen molar-refractivity contribution in [2.24, 2.45) is 11.3 Å². The van der Waals surface area contributed by atoms with E-state index in [0.717, 1.165) is 12.0 Å². The molecular weight excluding hydrogens is 170 g/mol. The Balaban J connectivity index is 1.71. The molecular formula is C13H25N. The second kappa shape index (κ2) is 4.22. The minimum atomic E-state index is 0.700. The lowest BCUT2D eigenvalue weighted by Crippen LogP contribution is -2.42. The summed E-state index contributed by atoms with van der Waals surface area (Å²) in [7, 11) is 0. The molecule has 2 rings (SSSR count). The summed E-state index contributed by atoms with van der Waals surface area (Å²) in [6, 6.07) is 0.842. The standard InChI is InChI=1S/C13H25N/c1-3-13(7-4-8-13)10-14-12-6-5-11(2)9-12/h11-12,14H,3-10H2,1-2H3. The zero-order valence-corrected chi connectivity index (χ0v) is 9.81. The summed E-state index contributed by atoms with van der Waals surface area (Å²) in [4.78, 5) is 0. The Morgan fingerprint density at radius 2 is 2.07 bits per heavy atom. The molecule has 2 saturated carbocycles. The van der Waals surface area contributed by atoms with Gasteiger partial charge in [-0.05, 0) is 49.9 Å². The zero-order chi connectivity index (χ0) is 10.0. The second-order valence-electron chi connectivity index (χ2n) is 5.70.